The normalized spacial score (nSPS) is 17.8. The van der Waals surface area contributed by atoms with Gasteiger partial charge in [0.15, 0.2) is 11.6 Å². The molecule has 0 aliphatic carbocycles. The second kappa shape index (κ2) is 13.8. The van der Waals surface area contributed by atoms with E-state index in [-0.39, 0.29) is 23.4 Å². The topological polar surface area (TPSA) is 9.23 Å². The van der Waals surface area contributed by atoms with Gasteiger partial charge in [0.1, 0.15) is 5.82 Å². The van der Waals surface area contributed by atoms with E-state index in [2.05, 4.69) is 19.1 Å². The zero-order valence-corrected chi connectivity index (χ0v) is 22.6. The Morgan fingerprint density at radius 1 is 0.842 bits per heavy atom. The van der Waals surface area contributed by atoms with Crippen molar-refractivity contribution < 1.29 is 17.9 Å². The first-order chi connectivity index (χ1) is 18.5. The molecule has 0 amide bonds. The number of hydrogen-bond acceptors (Lipinski definition) is 1. The molecule has 2 atom stereocenters. The summed E-state index contributed by atoms with van der Waals surface area (Å²) in [6, 6.07) is 15.9. The standard InChI is InChI=1S/C34H39F3O/c1-3-5-7-9-10-26-17-21-31(34(37)33(26)36)25-14-12-24(13-15-25)27-18-20-30(32(35)22-27)28-16-19-29(38-23-28)11-8-6-4-2/h4,6,12-15,17-18,20-22,28-29H,3,5,7-11,16,19,23H2,1-2H3. The van der Waals surface area contributed by atoms with E-state index in [9.17, 15) is 8.78 Å². The van der Waals surface area contributed by atoms with E-state index in [1.54, 1.807) is 30.3 Å². The Hall–Kier alpha value is -2.85. The van der Waals surface area contributed by atoms with Gasteiger partial charge in [-0.1, -0.05) is 86.9 Å². The van der Waals surface area contributed by atoms with Crippen LogP contribution in [0.4, 0.5) is 13.2 Å². The largest absolute Gasteiger partial charge is 0.378 e. The minimum Gasteiger partial charge on any atom is -0.378 e. The molecule has 0 N–H and O–H groups in total. The van der Waals surface area contributed by atoms with Crippen LogP contribution < -0.4 is 0 Å². The Morgan fingerprint density at radius 2 is 1.61 bits per heavy atom. The molecule has 1 aliphatic rings. The Kier molecular flexibility index (Phi) is 10.2. The van der Waals surface area contributed by atoms with Crippen LogP contribution in [0.3, 0.4) is 0 Å². The van der Waals surface area contributed by atoms with Crippen molar-refractivity contribution in [3.63, 3.8) is 0 Å². The molecule has 0 radical (unpaired) electrons. The van der Waals surface area contributed by atoms with Crippen LogP contribution in [0.25, 0.3) is 22.3 Å². The summed E-state index contributed by atoms with van der Waals surface area (Å²) in [7, 11) is 0. The fourth-order valence-electron chi connectivity index (χ4n) is 5.36. The number of ether oxygens (including phenoxy) is 1. The van der Waals surface area contributed by atoms with Crippen LogP contribution >= 0.6 is 0 Å². The highest BCUT2D eigenvalue weighted by molar-refractivity contribution is 5.71. The van der Waals surface area contributed by atoms with E-state index >= 15 is 4.39 Å². The monoisotopic (exact) mass is 520 g/mol. The number of aryl methyl sites for hydroxylation is 1. The van der Waals surface area contributed by atoms with Gasteiger partial charge in [0.2, 0.25) is 0 Å². The molecule has 0 saturated carbocycles. The van der Waals surface area contributed by atoms with Crippen molar-refractivity contribution in [1.82, 2.24) is 0 Å². The molecule has 0 aromatic heterocycles. The summed E-state index contributed by atoms with van der Waals surface area (Å²) in [6.45, 7) is 4.69. The van der Waals surface area contributed by atoms with Gasteiger partial charge in [0, 0.05) is 11.5 Å². The Balaban J connectivity index is 1.41. The van der Waals surface area contributed by atoms with Gasteiger partial charge in [-0.15, -0.1) is 0 Å². The Morgan fingerprint density at radius 3 is 2.29 bits per heavy atom. The highest BCUT2D eigenvalue weighted by Crippen LogP contribution is 2.34. The van der Waals surface area contributed by atoms with E-state index in [0.717, 1.165) is 62.5 Å². The van der Waals surface area contributed by atoms with Gasteiger partial charge in [-0.3, -0.25) is 0 Å². The molecule has 1 aliphatic heterocycles. The average Bonchev–Trinajstić information content (AvgIpc) is 2.94. The van der Waals surface area contributed by atoms with Crippen LogP contribution in [-0.4, -0.2) is 12.7 Å². The van der Waals surface area contributed by atoms with Gasteiger partial charge < -0.3 is 4.74 Å². The zero-order valence-electron chi connectivity index (χ0n) is 22.6. The predicted molar refractivity (Wildman–Crippen MR) is 151 cm³/mol. The SMILES string of the molecule is CC=CCCC1CCC(c2ccc(-c3ccc(-c4ccc(CCCCCC)c(F)c4F)cc3)cc2F)CO1. The fraction of sp³-hybridized carbons (Fsp3) is 0.412. The summed E-state index contributed by atoms with van der Waals surface area (Å²) >= 11 is 0. The van der Waals surface area contributed by atoms with Crippen molar-refractivity contribution in [2.45, 2.75) is 83.7 Å². The molecule has 0 bridgehead atoms. The van der Waals surface area contributed by atoms with Crippen LogP contribution in [0.2, 0.25) is 0 Å². The summed E-state index contributed by atoms with van der Waals surface area (Å²) < 4.78 is 50.7. The maximum absolute atomic E-state index is 15.1. The summed E-state index contributed by atoms with van der Waals surface area (Å²) in [6.07, 6.45) is 13.0. The molecule has 3 aromatic carbocycles. The molecular weight excluding hydrogens is 481 g/mol. The van der Waals surface area contributed by atoms with E-state index in [0.29, 0.717) is 29.7 Å². The molecule has 4 rings (SSSR count). The van der Waals surface area contributed by atoms with Gasteiger partial charge in [-0.25, -0.2) is 13.2 Å². The summed E-state index contributed by atoms with van der Waals surface area (Å²) in [5.74, 6) is -1.72. The molecule has 3 aromatic rings. The molecule has 1 heterocycles. The van der Waals surface area contributed by atoms with Crippen LogP contribution in [0, 0.1) is 17.5 Å². The van der Waals surface area contributed by atoms with Gasteiger partial charge in [-0.2, -0.15) is 0 Å². The molecule has 2 unspecified atom stereocenters. The second-order valence-corrected chi connectivity index (χ2v) is 10.4. The molecule has 1 fully saturated rings. The number of rotatable bonds is 11. The van der Waals surface area contributed by atoms with Crippen LogP contribution in [-0.2, 0) is 11.2 Å². The van der Waals surface area contributed by atoms with E-state index < -0.39 is 11.6 Å². The number of hydrogen-bond donors (Lipinski definition) is 0. The van der Waals surface area contributed by atoms with Crippen molar-refractivity contribution in [2.75, 3.05) is 6.61 Å². The second-order valence-electron chi connectivity index (χ2n) is 10.4. The lowest BCUT2D eigenvalue weighted by Gasteiger charge is -2.29. The van der Waals surface area contributed by atoms with Crippen molar-refractivity contribution >= 4 is 0 Å². The molecular formula is C34H39F3O. The van der Waals surface area contributed by atoms with Crippen molar-refractivity contribution in [3.05, 3.63) is 95.3 Å². The Bertz CT molecular complexity index is 1210. The third-order valence-corrected chi connectivity index (χ3v) is 7.69. The average molecular weight is 521 g/mol. The number of benzene rings is 3. The van der Waals surface area contributed by atoms with E-state index in [1.807, 2.05) is 31.2 Å². The first-order valence-corrected chi connectivity index (χ1v) is 14.1. The minimum absolute atomic E-state index is 0.0666. The third kappa shape index (κ3) is 6.96. The zero-order chi connectivity index (χ0) is 26.9. The number of allylic oxidation sites excluding steroid dienone is 2. The third-order valence-electron chi connectivity index (χ3n) is 7.69. The summed E-state index contributed by atoms with van der Waals surface area (Å²) in [5, 5.41) is 0. The maximum Gasteiger partial charge on any atom is 0.166 e. The van der Waals surface area contributed by atoms with Gasteiger partial charge in [0.05, 0.1) is 12.7 Å². The lowest BCUT2D eigenvalue weighted by Crippen LogP contribution is -2.25. The van der Waals surface area contributed by atoms with Gasteiger partial charge in [0.25, 0.3) is 0 Å². The number of halogens is 3. The highest BCUT2D eigenvalue weighted by Gasteiger charge is 2.25. The fourth-order valence-corrected chi connectivity index (χ4v) is 5.36. The summed E-state index contributed by atoms with van der Waals surface area (Å²) in [4.78, 5) is 0. The molecule has 1 saturated heterocycles. The van der Waals surface area contributed by atoms with Crippen LogP contribution in [0.15, 0.2) is 66.7 Å². The lowest BCUT2D eigenvalue weighted by molar-refractivity contribution is -0.000797. The number of unbranched alkanes of at least 4 members (excludes halogenated alkanes) is 3. The first kappa shape index (κ1) is 28.2. The maximum atomic E-state index is 15.1. The van der Waals surface area contributed by atoms with Gasteiger partial charge in [-0.05, 0) is 79.3 Å². The quantitative estimate of drug-likeness (QED) is 0.180. The molecule has 202 valence electrons. The van der Waals surface area contributed by atoms with Crippen LogP contribution in [0.1, 0.15) is 82.3 Å². The van der Waals surface area contributed by atoms with Crippen LogP contribution in [0.5, 0.6) is 0 Å². The van der Waals surface area contributed by atoms with Crippen molar-refractivity contribution in [2.24, 2.45) is 0 Å². The molecule has 38 heavy (non-hydrogen) atoms. The molecule has 4 heteroatoms. The van der Waals surface area contributed by atoms with Crippen molar-refractivity contribution in [3.8, 4) is 22.3 Å². The van der Waals surface area contributed by atoms with E-state index in [4.69, 9.17) is 4.74 Å². The molecule has 1 nitrogen and oxygen atoms in total. The predicted octanol–water partition coefficient (Wildman–Crippen LogP) is 10.2. The van der Waals surface area contributed by atoms with E-state index in [1.165, 1.54) is 0 Å². The smallest absolute Gasteiger partial charge is 0.166 e. The van der Waals surface area contributed by atoms with Crippen molar-refractivity contribution in [1.29, 1.82) is 0 Å². The lowest BCUT2D eigenvalue weighted by atomic mass is 9.88. The molecule has 0 spiro atoms. The Labute approximate surface area is 225 Å². The van der Waals surface area contributed by atoms with Gasteiger partial charge >= 0.3 is 0 Å². The first-order valence-electron chi connectivity index (χ1n) is 14.1. The highest BCUT2D eigenvalue weighted by atomic mass is 19.2. The summed E-state index contributed by atoms with van der Waals surface area (Å²) in [5.41, 5.74) is 3.56. The minimum atomic E-state index is -0.806.